The van der Waals surface area contributed by atoms with Crippen LogP contribution in [0.4, 0.5) is 0 Å². The summed E-state index contributed by atoms with van der Waals surface area (Å²) in [6, 6.07) is -0.556. The molecule has 0 spiro atoms. The van der Waals surface area contributed by atoms with E-state index in [9.17, 15) is 9.59 Å². The molecule has 0 aromatic carbocycles. The molecule has 1 aliphatic rings. The number of rotatable bonds is 2. The Bertz CT molecular complexity index is 278. The molecule has 0 aliphatic carbocycles. The molecule has 2 atom stereocenters. The number of hydrogen-bond donors (Lipinski definition) is 1. The Labute approximate surface area is 83.3 Å². The third-order valence-electron chi connectivity index (χ3n) is 1.87. The molecule has 1 aliphatic heterocycles. The molecular formula is C10H15NO3. The summed E-state index contributed by atoms with van der Waals surface area (Å²) in [5, 5.41) is 2.48. The lowest BCUT2D eigenvalue weighted by atomic mass is 9.90. The molecule has 4 heteroatoms. The number of β-lactam (4-membered cyclic amide) rings is 1. The van der Waals surface area contributed by atoms with Gasteiger partial charge in [0.1, 0.15) is 11.6 Å². The van der Waals surface area contributed by atoms with Crippen LogP contribution in [0.1, 0.15) is 20.8 Å². The highest BCUT2D eigenvalue weighted by Gasteiger charge is 2.44. The molecule has 0 radical (unpaired) electrons. The first kappa shape index (κ1) is 10.8. The van der Waals surface area contributed by atoms with Gasteiger partial charge in [0.15, 0.2) is 0 Å². The Balaban J connectivity index is 2.55. The molecule has 14 heavy (non-hydrogen) atoms. The monoisotopic (exact) mass is 197 g/mol. The standard InChI is InChI=1S/C10H15NO3/c1-5-6-7(11-8(6)12)9(13)14-10(2,3)4/h5-7H,1H2,2-4H3,(H,11,12)/t6-,7+/m1/s1. The average Bonchev–Trinajstić information content (AvgIpc) is 1.97. The third-order valence-corrected chi connectivity index (χ3v) is 1.87. The Morgan fingerprint density at radius 3 is 2.50 bits per heavy atom. The molecule has 1 heterocycles. The molecule has 0 bridgehead atoms. The van der Waals surface area contributed by atoms with E-state index in [0.717, 1.165) is 0 Å². The Morgan fingerprint density at radius 1 is 1.57 bits per heavy atom. The molecule has 0 aromatic heterocycles. The van der Waals surface area contributed by atoms with Crippen molar-refractivity contribution >= 4 is 11.9 Å². The lowest BCUT2D eigenvalue weighted by molar-refractivity contribution is -0.165. The Morgan fingerprint density at radius 2 is 2.14 bits per heavy atom. The summed E-state index contributed by atoms with van der Waals surface area (Å²) in [5.41, 5.74) is -0.525. The van der Waals surface area contributed by atoms with Crippen molar-refractivity contribution in [1.82, 2.24) is 5.32 Å². The maximum Gasteiger partial charge on any atom is 0.330 e. The van der Waals surface area contributed by atoms with Gasteiger partial charge >= 0.3 is 5.97 Å². The SMILES string of the molecule is C=C[C@H]1C(=O)N[C@@H]1C(=O)OC(C)(C)C. The van der Waals surface area contributed by atoms with Crippen molar-refractivity contribution in [2.45, 2.75) is 32.4 Å². The van der Waals surface area contributed by atoms with Gasteiger partial charge in [0.05, 0.1) is 5.92 Å². The molecule has 0 unspecified atom stereocenters. The van der Waals surface area contributed by atoms with Crippen LogP contribution in [0.3, 0.4) is 0 Å². The summed E-state index contributed by atoms with van der Waals surface area (Å²) in [6.45, 7) is 8.85. The molecule has 0 saturated carbocycles. The predicted molar refractivity (Wildman–Crippen MR) is 51.5 cm³/mol. The minimum absolute atomic E-state index is 0.171. The molecule has 1 rings (SSSR count). The van der Waals surface area contributed by atoms with E-state index in [1.54, 1.807) is 20.8 Å². The summed E-state index contributed by atoms with van der Waals surface area (Å²) in [7, 11) is 0. The van der Waals surface area contributed by atoms with Gasteiger partial charge in [0, 0.05) is 0 Å². The van der Waals surface area contributed by atoms with Crippen molar-refractivity contribution < 1.29 is 14.3 Å². The van der Waals surface area contributed by atoms with Crippen molar-refractivity contribution in [3.05, 3.63) is 12.7 Å². The molecule has 78 valence electrons. The zero-order chi connectivity index (χ0) is 10.9. The van der Waals surface area contributed by atoms with Crippen LogP contribution in [0.25, 0.3) is 0 Å². The van der Waals surface area contributed by atoms with Gasteiger partial charge in [-0.3, -0.25) is 4.79 Å². The molecule has 1 N–H and O–H groups in total. The first-order valence-electron chi connectivity index (χ1n) is 4.51. The van der Waals surface area contributed by atoms with Gasteiger partial charge in [0.25, 0.3) is 0 Å². The van der Waals surface area contributed by atoms with Crippen LogP contribution in [0.2, 0.25) is 0 Å². The van der Waals surface area contributed by atoms with E-state index < -0.39 is 23.5 Å². The highest BCUT2D eigenvalue weighted by molar-refractivity contribution is 5.98. The summed E-state index contributed by atoms with van der Waals surface area (Å²) in [5.74, 6) is -1.01. The Kier molecular flexibility index (Phi) is 2.64. The molecule has 1 fully saturated rings. The second-order valence-electron chi connectivity index (χ2n) is 4.28. The molecular weight excluding hydrogens is 182 g/mol. The van der Waals surface area contributed by atoms with Crippen molar-refractivity contribution in [3.8, 4) is 0 Å². The van der Waals surface area contributed by atoms with Crippen molar-refractivity contribution in [2.24, 2.45) is 5.92 Å². The topological polar surface area (TPSA) is 55.4 Å². The number of ether oxygens (including phenoxy) is 1. The third kappa shape index (κ3) is 2.13. The number of carbonyl (C=O) groups excluding carboxylic acids is 2. The number of esters is 1. The predicted octanol–water partition coefficient (Wildman–Crippen LogP) is 0.629. The first-order valence-corrected chi connectivity index (χ1v) is 4.51. The van der Waals surface area contributed by atoms with Gasteiger partial charge in [-0.25, -0.2) is 4.79 Å². The van der Waals surface area contributed by atoms with Crippen LogP contribution in [0.15, 0.2) is 12.7 Å². The molecule has 1 saturated heterocycles. The van der Waals surface area contributed by atoms with E-state index in [0.29, 0.717) is 0 Å². The van der Waals surface area contributed by atoms with E-state index >= 15 is 0 Å². The number of nitrogens with one attached hydrogen (secondary N) is 1. The quantitative estimate of drug-likeness (QED) is 0.401. The average molecular weight is 197 g/mol. The fourth-order valence-corrected chi connectivity index (χ4v) is 1.21. The van der Waals surface area contributed by atoms with Crippen LogP contribution in [0, 0.1) is 5.92 Å². The smallest absolute Gasteiger partial charge is 0.330 e. The van der Waals surface area contributed by atoms with E-state index in [-0.39, 0.29) is 5.91 Å². The fraction of sp³-hybridized carbons (Fsp3) is 0.600. The minimum atomic E-state index is -0.556. The van der Waals surface area contributed by atoms with Gasteiger partial charge in [-0.05, 0) is 20.8 Å². The van der Waals surface area contributed by atoms with Gasteiger partial charge in [-0.1, -0.05) is 6.08 Å². The van der Waals surface area contributed by atoms with Crippen LogP contribution < -0.4 is 5.32 Å². The van der Waals surface area contributed by atoms with Crippen molar-refractivity contribution in [2.75, 3.05) is 0 Å². The first-order chi connectivity index (χ1) is 6.35. The van der Waals surface area contributed by atoms with Gasteiger partial charge in [-0.15, -0.1) is 6.58 Å². The normalized spacial score (nSPS) is 26.1. The molecule has 0 aromatic rings. The van der Waals surface area contributed by atoms with Crippen LogP contribution in [-0.2, 0) is 14.3 Å². The maximum absolute atomic E-state index is 11.5. The number of amides is 1. The van der Waals surface area contributed by atoms with E-state index in [1.165, 1.54) is 6.08 Å². The highest BCUT2D eigenvalue weighted by Crippen LogP contribution is 2.19. The van der Waals surface area contributed by atoms with Crippen LogP contribution in [0.5, 0.6) is 0 Å². The van der Waals surface area contributed by atoms with Crippen molar-refractivity contribution in [1.29, 1.82) is 0 Å². The fourth-order valence-electron chi connectivity index (χ4n) is 1.21. The number of hydrogen-bond acceptors (Lipinski definition) is 3. The number of carbonyl (C=O) groups is 2. The van der Waals surface area contributed by atoms with Gasteiger partial charge in [-0.2, -0.15) is 0 Å². The molecule has 1 amide bonds. The summed E-state index contributed by atoms with van der Waals surface area (Å²) >= 11 is 0. The van der Waals surface area contributed by atoms with E-state index in [1.807, 2.05) is 0 Å². The Hall–Kier alpha value is -1.32. The van der Waals surface area contributed by atoms with Crippen LogP contribution in [-0.4, -0.2) is 23.5 Å². The summed E-state index contributed by atoms with van der Waals surface area (Å²) in [4.78, 5) is 22.4. The zero-order valence-corrected chi connectivity index (χ0v) is 8.66. The second kappa shape index (κ2) is 3.44. The summed E-state index contributed by atoms with van der Waals surface area (Å²) in [6.07, 6.45) is 1.47. The molecule has 4 nitrogen and oxygen atoms in total. The highest BCUT2D eigenvalue weighted by atomic mass is 16.6. The lowest BCUT2D eigenvalue weighted by Crippen LogP contribution is -2.62. The largest absolute Gasteiger partial charge is 0.458 e. The van der Waals surface area contributed by atoms with E-state index in [4.69, 9.17) is 4.74 Å². The zero-order valence-electron chi connectivity index (χ0n) is 8.66. The van der Waals surface area contributed by atoms with Gasteiger partial charge < -0.3 is 10.1 Å². The maximum atomic E-state index is 11.5. The second-order valence-corrected chi connectivity index (χ2v) is 4.28. The van der Waals surface area contributed by atoms with E-state index in [2.05, 4.69) is 11.9 Å². The lowest BCUT2D eigenvalue weighted by Gasteiger charge is -2.34. The summed E-state index contributed by atoms with van der Waals surface area (Å²) < 4.78 is 5.12. The van der Waals surface area contributed by atoms with Crippen molar-refractivity contribution in [3.63, 3.8) is 0 Å². The van der Waals surface area contributed by atoms with Crippen LogP contribution >= 0.6 is 0 Å². The minimum Gasteiger partial charge on any atom is -0.458 e. The van der Waals surface area contributed by atoms with Gasteiger partial charge in [0.2, 0.25) is 5.91 Å².